The van der Waals surface area contributed by atoms with Crippen LogP contribution in [0.3, 0.4) is 0 Å². The quantitative estimate of drug-likeness (QED) is 0.147. The maximum atomic E-state index is 12.5. The van der Waals surface area contributed by atoms with Gasteiger partial charge in [-0.05, 0) is 20.8 Å². The first kappa shape index (κ1) is 27.6. The average molecular weight is 434 g/mol. The molecular formula is C18H30N2O10. The maximum Gasteiger partial charge on any atom is 0.328 e. The van der Waals surface area contributed by atoms with E-state index in [-0.39, 0.29) is 12.2 Å². The van der Waals surface area contributed by atoms with E-state index < -0.39 is 79.3 Å². The SMILES string of the molecule is CC(=O)CC(CO)C(=O)NC(C(=O)CC(CO)C(=O)NC(C(=O)O)C(C)O)C(C)O. The van der Waals surface area contributed by atoms with E-state index >= 15 is 0 Å². The summed E-state index contributed by atoms with van der Waals surface area (Å²) in [6.07, 6.45) is -3.77. The third kappa shape index (κ3) is 8.95. The average Bonchev–Trinajstić information content (AvgIpc) is 2.64. The summed E-state index contributed by atoms with van der Waals surface area (Å²) in [6.45, 7) is 2.05. The lowest BCUT2D eigenvalue weighted by atomic mass is 9.94. The van der Waals surface area contributed by atoms with E-state index in [2.05, 4.69) is 5.32 Å². The van der Waals surface area contributed by atoms with E-state index in [9.17, 15) is 44.4 Å². The maximum absolute atomic E-state index is 12.5. The van der Waals surface area contributed by atoms with Gasteiger partial charge in [0.1, 0.15) is 11.8 Å². The third-order valence-electron chi connectivity index (χ3n) is 4.34. The Morgan fingerprint density at radius 2 is 1.17 bits per heavy atom. The number of hydrogen-bond acceptors (Lipinski definition) is 9. The highest BCUT2D eigenvalue weighted by atomic mass is 16.4. The Morgan fingerprint density at radius 3 is 1.50 bits per heavy atom. The molecule has 12 nitrogen and oxygen atoms in total. The summed E-state index contributed by atoms with van der Waals surface area (Å²) in [4.78, 5) is 59.2. The molecule has 0 aromatic rings. The molecule has 0 spiro atoms. The van der Waals surface area contributed by atoms with Gasteiger partial charge in [-0.15, -0.1) is 0 Å². The number of carboxylic acids is 1. The number of ketones is 2. The molecule has 0 radical (unpaired) electrons. The topological polar surface area (TPSA) is 211 Å². The van der Waals surface area contributed by atoms with Crippen molar-refractivity contribution < 1.29 is 49.5 Å². The molecule has 0 heterocycles. The molecule has 0 aliphatic carbocycles. The fourth-order valence-electron chi connectivity index (χ4n) is 2.60. The highest BCUT2D eigenvalue weighted by Crippen LogP contribution is 2.11. The summed E-state index contributed by atoms with van der Waals surface area (Å²) >= 11 is 0. The number of Topliss-reactive ketones (excluding diaryl/α,β-unsaturated/α-hetero) is 2. The summed E-state index contributed by atoms with van der Waals surface area (Å²) in [6, 6.07) is -3.15. The summed E-state index contributed by atoms with van der Waals surface area (Å²) in [7, 11) is 0. The minimum absolute atomic E-state index is 0.277. The number of aliphatic carboxylic acids is 1. The number of carboxylic acid groups (broad SMARTS) is 1. The second-order valence-electron chi connectivity index (χ2n) is 7.13. The molecule has 30 heavy (non-hydrogen) atoms. The second kappa shape index (κ2) is 13.0. The van der Waals surface area contributed by atoms with Crippen LogP contribution in [0.15, 0.2) is 0 Å². The van der Waals surface area contributed by atoms with Gasteiger partial charge in [-0.25, -0.2) is 4.79 Å². The van der Waals surface area contributed by atoms with Crippen LogP contribution < -0.4 is 10.6 Å². The molecule has 172 valence electrons. The minimum Gasteiger partial charge on any atom is -0.480 e. The number of amides is 2. The van der Waals surface area contributed by atoms with E-state index in [0.717, 1.165) is 6.92 Å². The third-order valence-corrected chi connectivity index (χ3v) is 4.34. The molecular weight excluding hydrogens is 404 g/mol. The number of rotatable bonds is 14. The first-order valence-electron chi connectivity index (χ1n) is 9.29. The van der Waals surface area contributed by atoms with Crippen molar-refractivity contribution in [2.75, 3.05) is 13.2 Å². The zero-order chi connectivity index (χ0) is 23.6. The predicted octanol–water partition coefficient (Wildman–Crippen LogP) is -3.04. The van der Waals surface area contributed by atoms with E-state index in [1.54, 1.807) is 0 Å². The standard InChI is InChI=1S/C18H30N2O10/c1-8(23)4-11(6-21)16(27)19-14(9(2)24)13(26)5-12(7-22)17(28)20-15(10(3)25)18(29)30/h9-12,14-15,21-22,24-25H,4-7H2,1-3H3,(H,19,27)(H,20,28)(H,29,30). The molecule has 6 atom stereocenters. The summed E-state index contributed by atoms with van der Waals surface area (Å²) < 4.78 is 0. The molecule has 0 saturated carbocycles. The lowest BCUT2D eigenvalue weighted by molar-refractivity contribution is -0.146. The molecule has 0 rings (SSSR count). The normalized spacial score (nSPS) is 17.0. The van der Waals surface area contributed by atoms with E-state index in [0.29, 0.717) is 0 Å². The molecule has 0 aromatic heterocycles. The van der Waals surface area contributed by atoms with Gasteiger partial charge in [0, 0.05) is 12.8 Å². The van der Waals surface area contributed by atoms with Crippen LogP contribution in [0.2, 0.25) is 0 Å². The summed E-state index contributed by atoms with van der Waals surface area (Å²) in [5.74, 6) is -7.12. The van der Waals surface area contributed by atoms with Crippen molar-refractivity contribution in [1.29, 1.82) is 0 Å². The Kier molecular flexibility index (Phi) is 12.0. The first-order chi connectivity index (χ1) is 13.8. The van der Waals surface area contributed by atoms with Crippen LogP contribution in [0.1, 0.15) is 33.6 Å². The number of carbonyl (C=O) groups is 5. The van der Waals surface area contributed by atoms with Crippen LogP contribution in [-0.2, 0) is 24.0 Å². The molecule has 7 N–H and O–H groups in total. The Balaban J connectivity index is 5.26. The van der Waals surface area contributed by atoms with Gasteiger partial charge in [0.25, 0.3) is 0 Å². The van der Waals surface area contributed by atoms with E-state index in [1.807, 2.05) is 5.32 Å². The Morgan fingerprint density at radius 1 is 0.767 bits per heavy atom. The van der Waals surface area contributed by atoms with Crippen molar-refractivity contribution >= 4 is 29.4 Å². The van der Waals surface area contributed by atoms with Gasteiger partial charge < -0.3 is 41.0 Å². The van der Waals surface area contributed by atoms with Crippen LogP contribution in [0.25, 0.3) is 0 Å². The molecule has 0 aliphatic heterocycles. The minimum atomic E-state index is -1.66. The van der Waals surface area contributed by atoms with Crippen LogP contribution in [-0.4, -0.2) is 92.4 Å². The zero-order valence-electron chi connectivity index (χ0n) is 17.1. The molecule has 0 aliphatic rings. The molecule has 0 saturated heterocycles. The lowest BCUT2D eigenvalue weighted by Crippen LogP contribution is -2.53. The van der Waals surface area contributed by atoms with Crippen LogP contribution in [0.5, 0.6) is 0 Å². The fourth-order valence-corrected chi connectivity index (χ4v) is 2.60. The van der Waals surface area contributed by atoms with Gasteiger partial charge in [-0.2, -0.15) is 0 Å². The number of hydrogen-bond donors (Lipinski definition) is 7. The number of carbonyl (C=O) groups excluding carboxylic acids is 4. The molecule has 0 fully saturated rings. The van der Waals surface area contributed by atoms with Crippen molar-refractivity contribution in [3.63, 3.8) is 0 Å². The van der Waals surface area contributed by atoms with Crippen molar-refractivity contribution in [3.8, 4) is 0 Å². The van der Waals surface area contributed by atoms with Gasteiger partial charge >= 0.3 is 5.97 Å². The monoisotopic (exact) mass is 434 g/mol. The van der Waals surface area contributed by atoms with E-state index in [4.69, 9.17) is 5.11 Å². The van der Waals surface area contributed by atoms with Crippen molar-refractivity contribution in [3.05, 3.63) is 0 Å². The predicted molar refractivity (Wildman–Crippen MR) is 101 cm³/mol. The van der Waals surface area contributed by atoms with Crippen molar-refractivity contribution in [2.45, 2.75) is 57.9 Å². The number of nitrogens with one attached hydrogen (secondary N) is 2. The smallest absolute Gasteiger partial charge is 0.328 e. The van der Waals surface area contributed by atoms with Crippen molar-refractivity contribution in [2.24, 2.45) is 11.8 Å². The lowest BCUT2D eigenvalue weighted by Gasteiger charge is -2.25. The van der Waals surface area contributed by atoms with Gasteiger partial charge in [0.05, 0.1) is 37.3 Å². The number of aliphatic hydroxyl groups excluding tert-OH is 4. The summed E-state index contributed by atoms with van der Waals surface area (Å²) in [5, 5.41) is 51.2. The summed E-state index contributed by atoms with van der Waals surface area (Å²) in [5.41, 5.74) is 0. The van der Waals surface area contributed by atoms with E-state index in [1.165, 1.54) is 13.8 Å². The largest absolute Gasteiger partial charge is 0.480 e. The van der Waals surface area contributed by atoms with Gasteiger partial charge in [0.15, 0.2) is 11.8 Å². The molecule has 6 unspecified atom stereocenters. The highest BCUT2D eigenvalue weighted by Gasteiger charge is 2.34. The number of aliphatic hydroxyl groups is 4. The van der Waals surface area contributed by atoms with Gasteiger partial charge in [-0.1, -0.05) is 0 Å². The molecule has 12 heteroatoms. The van der Waals surface area contributed by atoms with Crippen molar-refractivity contribution in [1.82, 2.24) is 10.6 Å². The molecule has 0 bridgehead atoms. The zero-order valence-corrected chi connectivity index (χ0v) is 17.1. The second-order valence-corrected chi connectivity index (χ2v) is 7.13. The molecule has 2 amide bonds. The first-order valence-corrected chi connectivity index (χ1v) is 9.29. The fraction of sp³-hybridized carbons (Fsp3) is 0.722. The Hall–Kier alpha value is -2.41. The van der Waals surface area contributed by atoms with Gasteiger partial charge in [-0.3, -0.25) is 14.4 Å². The highest BCUT2D eigenvalue weighted by molar-refractivity contribution is 5.95. The van der Waals surface area contributed by atoms with Crippen LogP contribution in [0.4, 0.5) is 0 Å². The molecule has 0 aromatic carbocycles. The van der Waals surface area contributed by atoms with Crippen LogP contribution >= 0.6 is 0 Å². The Labute approximate surface area is 173 Å². The van der Waals surface area contributed by atoms with Gasteiger partial charge in [0.2, 0.25) is 11.8 Å². The van der Waals surface area contributed by atoms with Crippen LogP contribution in [0, 0.1) is 11.8 Å². The Bertz CT molecular complexity index is 634.